The van der Waals surface area contributed by atoms with Gasteiger partial charge in [0.15, 0.2) is 0 Å². The fraction of sp³-hybridized carbons (Fsp3) is 0.933. The van der Waals surface area contributed by atoms with Crippen LogP contribution in [0.15, 0.2) is 0 Å². The molecule has 1 N–H and O–H groups in total. The van der Waals surface area contributed by atoms with Gasteiger partial charge in [-0.1, -0.05) is 0 Å². The third-order valence-electron chi connectivity index (χ3n) is 4.43. The fourth-order valence-corrected chi connectivity index (χ4v) is 3.62. The number of nitrogens with zero attached hydrogens (tertiary/aromatic N) is 1. The first kappa shape index (κ1) is 15.7. The molecule has 1 heterocycles. The van der Waals surface area contributed by atoms with Crippen molar-refractivity contribution in [1.82, 2.24) is 10.2 Å². The topological polar surface area (TPSA) is 50.8 Å². The van der Waals surface area contributed by atoms with E-state index in [4.69, 9.17) is 9.47 Å². The van der Waals surface area contributed by atoms with Crippen LogP contribution in [0, 0.1) is 0 Å². The summed E-state index contributed by atoms with van der Waals surface area (Å²) in [4.78, 5) is 14.8. The van der Waals surface area contributed by atoms with Gasteiger partial charge in [-0.25, -0.2) is 0 Å². The van der Waals surface area contributed by atoms with Gasteiger partial charge >= 0.3 is 5.97 Å². The van der Waals surface area contributed by atoms with E-state index in [9.17, 15) is 4.79 Å². The zero-order valence-corrected chi connectivity index (χ0v) is 13.0. The predicted octanol–water partition coefficient (Wildman–Crippen LogP) is 1.17. The van der Waals surface area contributed by atoms with Crippen LogP contribution in [0.5, 0.6) is 0 Å². The number of esters is 1. The van der Waals surface area contributed by atoms with Crippen LogP contribution in [-0.4, -0.2) is 61.9 Å². The lowest BCUT2D eigenvalue weighted by molar-refractivity contribution is -0.152. The lowest BCUT2D eigenvalue weighted by atomic mass is 9.77. The molecule has 0 aromatic rings. The average molecular weight is 284 g/mol. The Morgan fingerprint density at radius 3 is 2.70 bits per heavy atom. The summed E-state index contributed by atoms with van der Waals surface area (Å²) >= 11 is 0. The van der Waals surface area contributed by atoms with Crippen molar-refractivity contribution < 1.29 is 14.3 Å². The monoisotopic (exact) mass is 284 g/mol. The molecule has 0 bridgehead atoms. The Bertz CT molecular complexity index is 329. The fourth-order valence-electron chi connectivity index (χ4n) is 3.62. The molecular formula is C15H28N2O3. The SMILES string of the molecule is COC(=O)C1(NC(C)C)CCCC(N2CCOCC2)C1. The number of carbonyl (C=O) groups is 1. The number of hydrogen-bond donors (Lipinski definition) is 1. The maximum absolute atomic E-state index is 12.3. The molecule has 0 amide bonds. The highest BCUT2D eigenvalue weighted by molar-refractivity contribution is 5.81. The van der Waals surface area contributed by atoms with E-state index in [1.807, 2.05) is 0 Å². The maximum atomic E-state index is 12.3. The standard InChI is InChI=1S/C15H28N2O3/c1-12(2)16-15(14(18)19-3)6-4-5-13(11-15)17-7-9-20-10-8-17/h12-13,16H,4-11H2,1-3H3. The van der Waals surface area contributed by atoms with Crippen LogP contribution in [0.2, 0.25) is 0 Å². The van der Waals surface area contributed by atoms with Crippen LogP contribution in [0.4, 0.5) is 0 Å². The number of methoxy groups -OCH3 is 1. The normalized spacial score (nSPS) is 32.3. The average Bonchev–Trinajstić information content (AvgIpc) is 2.47. The second-order valence-corrected chi connectivity index (χ2v) is 6.27. The Balaban J connectivity index is 2.09. The molecule has 0 radical (unpaired) electrons. The zero-order valence-electron chi connectivity index (χ0n) is 13.0. The van der Waals surface area contributed by atoms with Crippen molar-refractivity contribution in [3.8, 4) is 0 Å². The van der Waals surface area contributed by atoms with Crippen molar-refractivity contribution in [1.29, 1.82) is 0 Å². The van der Waals surface area contributed by atoms with Crippen molar-refractivity contribution in [3.63, 3.8) is 0 Å². The number of carbonyl (C=O) groups excluding carboxylic acids is 1. The van der Waals surface area contributed by atoms with Gasteiger partial charge in [0.05, 0.1) is 20.3 Å². The highest BCUT2D eigenvalue weighted by Crippen LogP contribution is 2.33. The van der Waals surface area contributed by atoms with E-state index in [-0.39, 0.29) is 12.0 Å². The van der Waals surface area contributed by atoms with Gasteiger partial charge < -0.3 is 9.47 Å². The molecule has 0 aromatic carbocycles. The van der Waals surface area contributed by atoms with Gasteiger partial charge in [-0.3, -0.25) is 15.0 Å². The van der Waals surface area contributed by atoms with Crippen LogP contribution in [0.1, 0.15) is 39.5 Å². The number of nitrogens with one attached hydrogen (secondary N) is 1. The smallest absolute Gasteiger partial charge is 0.326 e. The highest BCUT2D eigenvalue weighted by atomic mass is 16.5. The summed E-state index contributed by atoms with van der Waals surface area (Å²) in [7, 11) is 1.49. The molecular weight excluding hydrogens is 256 g/mol. The first-order valence-electron chi connectivity index (χ1n) is 7.75. The van der Waals surface area contributed by atoms with Gasteiger partial charge in [0.2, 0.25) is 0 Å². The Hall–Kier alpha value is -0.650. The third-order valence-corrected chi connectivity index (χ3v) is 4.43. The largest absolute Gasteiger partial charge is 0.468 e. The molecule has 0 spiro atoms. The molecule has 2 atom stereocenters. The Morgan fingerprint density at radius 2 is 2.10 bits per heavy atom. The summed E-state index contributed by atoms with van der Waals surface area (Å²) in [5.74, 6) is -0.107. The Kier molecular flexibility index (Phi) is 5.41. The number of ether oxygens (including phenoxy) is 2. The van der Waals surface area contributed by atoms with E-state index in [1.54, 1.807) is 0 Å². The molecule has 2 fully saturated rings. The molecule has 5 nitrogen and oxygen atoms in total. The van der Waals surface area contributed by atoms with Crippen molar-refractivity contribution in [2.24, 2.45) is 0 Å². The van der Waals surface area contributed by atoms with Crippen LogP contribution in [0.3, 0.4) is 0 Å². The summed E-state index contributed by atoms with van der Waals surface area (Å²) in [6.45, 7) is 7.73. The molecule has 2 rings (SSSR count). The number of hydrogen-bond acceptors (Lipinski definition) is 5. The lowest BCUT2D eigenvalue weighted by Gasteiger charge is -2.45. The van der Waals surface area contributed by atoms with E-state index in [2.05, 4.69) is 24.1 Å². The van der Waals surface area contributed by atoms with E-state index >= 15 is 0 Å². The molecule has 2 unspecified atom stereocenters. The zero-order chi connectivity index (χ0) is 14.6. The maximum Gasteiger partial charge on any atom is 0.326 e. The van der Waals surface area contributed by atoms with Crippen LogP contribution in [-0.2, 0) is 14.3 Å². The van der Waals surface area contributed by atoms with Gasteiger partial charge in [-0.05, 0) is 39.5 Å². The molecule has 0 aromatic heterocycles. The first-order chi connectivity index (χ1) is 9.57. The molecule has 1 aliphatic heterocycles. The minimum absolute atomic E-state index is 0.107. The summed E-state index contributed by atoms with van der Waals surface area (Å²) in [5, 5.41) is 3.48. The second kappa shape index (κ2) is 6.87. The molecule has 1 aliphatic carbocycles. The Morgan fingerprint density at radius 1 is 1.40 bits per heavy atom. The summed E-state index contributed by atoms with van der Waals surface area (Å²) in [6, 6.07) is 0.732. The number of rotatable bonds is 4. The van der Waals surface area contributed by atoms with Crippen LogP contribution in [0.25, 0.3) is 0 Å². The summed E-state index contributed by atoms with van der Waals surface area (Å²) < 4.78 is 10.5. The van der Waals surface area contributed by atoms with Gasteiger partial charge in [0.25, 0.3) is 0 Å². The second-order valence-electron chi connectivity index (χ2n) is 6.27. The van der Waals surface area contributed by atoms with Gasteiger partial charge in [0, 0.05) is 25.2 Å². The third kappa shape index (κ3) is 3.51. The van der Waals surface area contributed by atoms with Crippen molar-refractivity contribution in [2.75, 3.05) is 33.4 Å². The van der Waals surface area contributed by atoms with Crippen LogP contribution < -0.4 is 5.32 Å². The highest BCUT2D eigenvalue weighted by Gasteiger charge is 2.45. The molecule has 5 heteroatoms. The molecule has 1 saturated carbocycles. The van der Waals surface area contributed by atoms with E-state index < -0.39 is 5.54 Å². The number of morpholine rings is 1. The minimum atomic E-state index is -0.510. The van der Waals surface area contributed by atoms with Crippen molar-refractivity contribution in [2.45, 2.75) is 57.2 Å². The van der Waals surface area contributed by atoms with Gasteiger partial charge in [-0.2, -0.15) is 0 Å². The van der Waals surface area contributed by atoms with Crippen molar-refractivity contribution in [3.05, 3.63) is 0 Å². The van der Waals surface area contributed by atoms with E-state index in [0.717, 1.165) is 45.6 Å². The summed E-state index contributed by atoms with van der Waals surface area (Å²) in [5.41, 5.74) is -0.510. The Labute approximate surface area is 122 Å². The van der Waals surface area contributed by atoms with E-state index in [1.165, 1.54) is 13.5 Å². The molecule has 2 aliphatic rings. The van der Waals surface area contributed by atoms with Gasteiger partial charge in [-0.15, -0.1) is 0 Å². The van der Waals surface area contributed by atoms with Gasteiger partial charge in [0.1, 0.15) is 5.54 Å². The minimum Gasteiger partial charge on any atom is -0.468 e. The van der Waals surface area contributed by atoms with Crippen LogP contribution >= 0.6 is 0 Å². The molecule has 116 valence electrons. The lowest BCUT2D eigenvalue weighted by Crippen LogP contribution is -2.61. The molecule has 1 saturated heterocycles. The van der Waals surface area contributed by atoms with E-state index in [0.29, 0.717) is 6.04 Å². The first-order valence-corrected chi connectivity index (χ1v) is 7.75. The van der Waals surface area contributed by atoms with Crippen molar-refractivity contribution >= 4 is 5.97 Å². The predicted molar refractivity (Wildman–Crippen MR) is 77.7 cm³/mol. The summed E-state index contributed by atoms with van der Waals surface area (Å²) in [6.07, 6.45) is 3.95. The molecule has 20 heavy (non-hydrogen) atoms. The quantitative estimate of drug-likeness (QED) is 0.785.